The van der Waals surface area contributed by atoms with Crippen LogP contribution in [-0.4, -0.2) is 26.2 Å². The summed E-state index contributed by atoms with van der Waals surface area (Å²) in [5, 5.41) is 4.89. The van der Waals surface area contributed by atoms with Crippen molar-refractivity contribution in [3.05, 3.63) is 183 Å². The van der Waals surface area contributed by atoms with Crippen LogP contribution in [0.3, 0.4) is 0 Å². The van der Waals surface area contributed by atoms with Crippen molar-refractivity contribution < 1.29 is 70.9 Å². The number of rotatable bonds is 8. The molecule has 0 bridgehead atoms. The Morgan fingerprint density at radius 2 is 0.723 bits per heavy atom. The van der Waals surface area contributed by atoms with E-state index >= 15 is 0 Å². The first kappa shape index (κ1) is 41.4. The minimum absolute atomic E-state index is 0. The van der Waals surface area contributed by atoms with E-state index in [1.54, 1.807) is 0 Å². The van der Waals surface area contributed by atoms with Crippen LogP contribution in [0.1, 0.15) is 0 Å². The SMILES string of the molecule is COC(=O)[C]1[CH][CH][CH][C]1P(c1ccccc1)c1ccccc1.COC(=O)[C]1[CH][CH][CH][C]1P(c1ccccc1)c1ccccc1.[Au+3].[Cl-].[Fe+2]. The van der Waals surface area contributed by atoms with Crippen molar-refractivity contribution in [3.63, 3.8) is 0 Å². The van der Waals surface area contributed by atoms with Crippen LogP contribution in [0, 0.1) is 61.7 Å². The minimum Gasteiger partial charge on any atom is -1.00 e. The van der Waals surface area contributed by atoms with Gasteiger partial charge in [-0.1, -0.05) is 121 Å². The van der Waals surface area contributed by atoms with E-state index in [1.807, 2.05) is 111 Å². The van der Waals surface area contributed by atoms with Gasteiger partial charge in [0.2, 0.25) is 0 Å². The molecule has 0 unspecified atom stereocenters. The maximum atomic E-state index is 12.1. The van der Waals surface area contributed by atoms with E-state index in [2.05, 4.69) is 48.5 Å². The van der Waals surface area contributed by atoms with Gasteiger partial charge in [0.05, 0.1) is 14.2 Å². The quantitative estimate of drug-likeness (QED) is 0.155. The summed E-state index contributed by atoms with van der Waals surface area (Å²) in [6.45, 7) is 0. The molecule has 240 valence electrons. The summed E-state index contributed by atoms with van der Waals surface area (Å²) in [4.78, 5) is 24.1. The van der Waals surface area contributed by atoms with Gasteiger partial charge in [0.25, 0.3) is 0 Å². The second kappa shape index (κ2) is 21.3. The van der Waals surface area contributed by atoms with Crippen LogP contribution >= 0.6 is 15.8 Å². The summed E-state index contributed by atoms with van der Waals surface area (Å²) >= 11 is 0. The van der Waals surface area contributed by atoms with E-state index < -0.39 is 15.8 Å². The van der Waals surface area contributed by atoms with Gasteiger partial charge in [-0.2, -0.15) is 0 Å². The van der Waals surface area contributed by atoms with Crippen LogP contribution in [-0.2, 0) is 58.5 Å². The fraction of sp³-hybridized carbons (Fsp3) is 0.0526. The molecule has 0 amide bonds. The van der Waals surface area contributed by atoms with E-state index in [0.717, 1.165) is 11.3 Å². The van der Waals surface area contributed by atoms with E-state index in [0.29, 0.717) is 11.8 Å². The molecule has 4 aromatic carbocycles. The van der Waals surface area contributed by atoms with Gasteiger partial charge in [0, 0.05) is 11.3 Å². The predicted molar refractivity (Wildman–Crippen MR) is 181 cm³/mol. The average molecular weight is 903 g/mol. The Hall–Kier alpha value is -1.77. The first-order chi connectivity index (χ1) is 21.6. The van der Waals surface area contributed by atoms with Gasteiger partial charge in [-0.3, -0.25) is 9.59 Å². The molecule has 0 N–H and O–H groups in total. The molecule has 9 heteroatoms. The molecule has 2 aliphatic carbocycles. The predicted octanol–water partition coefficient (Wildman–Crippen LogP) is 3.05. The summed E-state index contributed by atoms with van der Waals surface area (Å²) < 4.78 is 9.86. The van der Waals surface area contributed by atoms with Gasteiger partial charge < -0.3 is 21.9 Å². The normalized spacial score (nSPS) is 15.1. The number of methoxy groups -OCH3 is 2. The number of esters is 2. The number of carbonyl (C=O) groups excluding carboxylic acids is 2. The number of halogens is 1. The molecular formula is C38H32AuClFeO4P2+4. The van der Waals surface area contributed by atoms with Gasteiger partial charge in [0.1, 0.15) is 11.8 Å². The van der Waals surface area contributed by atoms with Crippen molar-refractivity contribution in [3.8, 4) is 0 Å². The Kier molecular flexibility index (Phi) is 18.8. The molecule has 2 fully saturated rings. The average Bonchev–Trinajstić information content (AvgIpc) is 3.77. The van der Waals surface area contributed by atoms with Crippen molar-refractivity contribution in [2.75, 3.05) is 14.2 Å². The molecule has 47 heavy (non-hydrogen) atoms. The van der Waals surface area contributed by atoms with Crippen LogP contribution < -0.4 is 33.6 Å². The number of ether oxygens (including phenoxy) is 2. The zero-order chi connectivity index (χ0) is 30.7. The molecule has 4 aromatic rings. The van der Waals surface area contributed by atoms with Crippen molar-refractivity contribution in [2.45, 2.75) is 0 Å². The zero-order valence-electron chi connectivity index (χ0n) is 25.6. The zero-order valence-corrected chi connectivity index (χ0v) is 31.4. The Labute approximate surface area is 315 Å². The molecule has 6 rings (SSSR count). The maximum Gasteiger partial charge on any atom is 3.00 e. The molecule has 0 spiro atoms. The number of hydrogen-bond donors (Lipinski definition) is 0. The van der Waals surface area contributed by atoms with Gasteiger partial charge in [-0.25, -0.2) is 0 Å². The fourth-order valence-corrected chi connectivity index (χ4v) is 9.81. The second-order valence-corrected chi connectivity index (χ2v) is 14.0. The Morgan fingerprint density at radius 3 is 0.957 bits per heavy atom. The third-order valence-corrected chi connectivity index (χ3v) is 11.9. The molecular weight excluding hydrogens is 871 g/mol. The standard InChI is InChI=1S/2C19H16O2P.Au.ClH.Fe/c2*1-21-19(20)17-13-8-14-18(17)22(15-9-4-2-5-10-15)16-11-6-3-7-12-16;;;/h2*2-14H,1H3;;1H;/q;;+3;;+2/p-1. The Bertz CT molecular complexity index is 1280. The topological polar surface area (TPSA) is 52.6 Å². The fourth-order valence-electron chi connectivity index (χ4n) is 4.94. The van der Waals surface area contributed by atoms with Crippen molar-refractivity contribution >= 4 is 49.0 Å². The molecule has 0 heterocycles. The molecule has 0 saturated heterocycles. The van der Waals surface area contributed by atoms with Crippen molar-refractivity contribution in [1.82, 2.24) is 0 Å². The summed E-state index contributed by atoms with van der Waals surface area (Å²) in [6.07, 6.45) is 11.6. The Balaban J connectivity index is 0.000000307. The van der Waals surface area contributed by atoms with Crippen LogP contribution in [0.4, 0.5) is 0 Å². The van der Waals surface area contributed by atoms with E-state index in [-0.39, 0.29) is 63.8 Å². The van der Waals surface area contributed by atoms with Crippen LogP contribution in [0.15, 0.2) is 121 Å². The van der Waals surface area contributed by atoms with Crippen LogP contribution in [0.25, 0.3) is 0 Å². The third kappa shape index (κ3) is 10.6. The molecule has 2 saturated carbocycles. The molecule has 0 aliphatic heterocycles. The molecule has 10 radical (unpaired) electrons. The summed E-state index contributed by atoms with van der Waals surface area (Å²) in [5.41, 5.74) is 2.08. The number of benzene rings is 4. The van der Waals surface area contributed by atoms with Crippen LogP contribution in [0.2, 0.25) is 0 Å². The second-order valence-electron chi connectivity index (χ2n) is 9.65. The first-order valence-corrected chi connectivity index (χ1v) is 16.8. The van der Waals surface area contributed by atoms with Gasteiger partial charge in [-0.05, 0) is 75.6 Å². The minimum atomic E-state index is -0.769. The van der Waals surface area contributed by atoms with E-state index in [9.17, 15) is 9.59 Å². The number of hydrogen-bond acceptors (Lipinski definition) is 4. The van der Waals surface area contributed by atoms with Crippen LogP contribution in [0.5, 0.6) is 0 Å². The summed E-state index contributed by atoms with van der Waals surface area (Å²) in [5.74, 6) is 0.751. The Morgan fingerprint density at radius 1 is 0.468 bits per heavy atom. The largest absolute Gasteiger partial charge is 3.00 e. The van der Waals surface area contributed by atoms with Gasteiger partial charge >= 0.3 is 51.4 Å². The first-order valence-electron chi connectivity index (χ1n) is 14.1. The maximum absolute atomic E-state index is 12.1. The van der Waals surface area contributed by atoms with Crippen molar-refractivity contribution in [2.24, 2.45) is 0 Å². The monoisotopic (exact) mass is 902 g/mol. The molecule has 4 nitrogen and oxygen atoms in total. The van der Waals surface area contributed by atoms with E-state index in [4.69, 9.17) is 9.47 Å². The summed E-state index contributed by atoms with van der Waals surface area (Å²) in [6, 6.07) is 41.3. The molecule has 0 aromatic heterocycles. The third-order valence-electron chi connectivity index (χ3n) is 6.94. The molecule has 0 atom stereocenters. The van der Waals surface area contributed by atoms with Crippen molar-refractivity contribution in [1.29, 1.82) is 0 Å². The summed E-state index contributed by atoms with van der Waals surface area (Å²) in [7, 11) is 1.31. The van der Waals surface area contributed by atoms with Gasteiger partial charge in [0.15, 0.2) is 0 Å². The van der Waals surface area contributed by atoms with Gasteiger partial charge in [-0.15, -0.1) is 0 Å². The van der Waals surface area contributed by atoms with E-state index in [1.165, 1.54) is 35.4 Å². The number of carbonyl (C=O) groups is 2. The smallest absolute Gasteiger partial charge is 1.00 e. The molecule has 2 aliphatic rings.